The number of rotatable bonds is 5. The molecule has 0 aliphatic heterocycles. The van der Waals surface area contributed by atoms with Crippen molar-refractivity contribution in [1.82, 2.24) is 9.97 Å². The van der Waals surface area contributed by atoms with E-state index in [1.807, 2.05) is 34.6 Å². The summed E-state index contributed by atoms with van der Waals surface area (Å²) < 4.78 is 0. The highest BCUT2D eigenvalue weighted by Gasteiger charge is 2.18. The molecule has 18 heavy (non-hydrogen) atoms. The van der Waals surface area contributed by atoms with Gasteiger partial charge < -0.3 is 16.2 Å². The Labute approximate surface area is 109 Å². The summed E-state index contributed by atoms with van der Waals surface area (Å²) in [6.07, 6.45) is 0. The summed E-state index contributed by atoms with van der Waals surface area (Å²) in [4.78, 5) is 8.76. The lowest BCUT2D eigenvalue weighted by Crippen LogP contribution is -2.27. The minimum atomic E-state index is -0.190. The lowest BCUT2D eigenvalue weighted by atomic mass is 9.95. The summed E-state index contributed by atoms with van der Waals surface area (Å²) >= 11 is 0. The van der Waals surface area contributed by atoms with Gasteiger partial charge in [-0.15, -0.1) is 0 Å². The molecule has 1 rings (SSSR count). The second kappa shape index (κ2) is 5.52. The van der Waals surface area contributed by atoms with Crippen LogP contribution >= 0.6 is 0 Å². The van der Waals surface area contributed by atoms with Crippen molar-refractivity contribution in [3.8, 4) is 0 Å². The van der Waals surface area contributed by atoms with E-state index in [9.17, 15) is 5.11 Å². The molecule has 0 atom stereocenters. The molecule has 0 aliphatic rings. The van der Waals surface area contributed by atoms with Gasteiger partial charge in [0, 0.05) is 30.0 Å². The molecule has 0 radical (unpaired) electrons. The van der Waals surface area contributed by atoms with Crippen molar-refractivity contribution in [3.63, 3.8) is 0 Å². The Hall–Kier alpha value is -1.36. The lowest BCUT2D eigenvalue weighted by Gasteiger charge is -2.23. The fraction of sp³-hybridized carbons (Fsp3) is 0.692. The summed E-state index contributed by atoms with van der Waals surface area (Å²) in [6.45, 7) is 10.7. The summed E-state index contributed by atoms with van der Waals surface area (Å²) in [5.41, 5.74) is 6.56. The molecular formula is C13H24N4O. The molecule has 1 aromatic rings. The maximum atomic E-state index is 9.24. The van der Waals surface area contributed by atoms with Crippen LogP contribution in [0.5, 0.6) is 0 Å². The Morgan fingerprint density at radius 1 is 1.33 bits per heavy atom. The van der Waals surface area contributed by atoms with Gasteiger partial charge in [0.2, 0.25) is 0 Å². The number of anilines is 2. The highest BCUT2D eigenvalue weighted by atomic mass is 16.3. The zero-order chi connectivity index (χ0) is 13.9. The predicted octanol–water partition coefficient (Wildman–Crippen LogP) is 1.92. The SMILES string of the molecule is Cc1c(N)nc(C(C)C)nc1NCC(C)(C)CO. The Bertz CT molecular complexity index is 416. The molecular weight excluding hydrogens is 228 g/mol. The van der Waals surface area contributed by atoms with Gasteiger partial charge in [0.05, 0.1) is 0 Å². The van der Waals surface area contributed by atoms with Crippen molar-refractivity contribution in [1.29, 1.82) is 0 Å². The molecule has 0 amide bonds. The predicted molar refractivity (Wildman–Crippen MR) is 74.6 cm³/mol. The van der Waals surface area contributed by atoms with E-state index in [1.54, 1.807) is 0 Å². The maximum absolute atomic E-state index is 9.24. The van der Waals surface area contributed by atoms with Gasteiger partial charge in [-0.05, 0) is 6.92 Å². The second-order valence-electron chi connectivity index (χ2n) is 5.77. The van der Waals surface area contributed by atoms with Gasteiger partial charge in [0.25, 0.3) is 0 Å². The molecule has 0 aromatic carbocycles. The molecule has 0 unspecified atom stereocenters. The van der Waals surface area contributed by atoms with E-state index >= 15 is 0 Å². The van der Waals surface area contributed by atoms with Crippen LogP contribution in [-0.2, 0) is 0 Å². The Kier molecular flexibility index (Phi) is 4.51. The molecule has 0 saturated carbocycles. The van der Waals surface area contributed by atoms with Crippen LogP contribution in [0.2, 0.25) is 0 Å². The Morgan fingerprint density at radius 2 is 1.94 bits per heavy atom. The van der Waals surface area contributed by atoms with Gasteiger partial charge in [-0.3, -0.25) is 0 Å². The number of nitrogen functional groups attached to an aromatic ring is 1. The first-order valence-electron chi connectivity index (χ1n) is 6.25. The molecule has 5 heteroatoms. The smallest absolute Gasteiger partial charge is 0.135 e. The summed E-state index contributed by atoms with van der Waals surface area (Å²) in [6, 6.07) is 0. The van der Waals surface area contributed by atoms with Crippen LogP contribution in [-0.4, -0.2) is 28.2 Å². The fourth-order valence-corrected chi connectivity index (χ4v) is 1.36. The van der Waals surface area contributed by atoms with Gasteiger partial charge in [-0.25, -0.2) is 9.97 Å². The summed E-state index contributed by atoms with van der Waals surface area (Å²) in [5, 5.41) is 12.5. The van der Waals surface area contributed by atoms with Crippen LogP contribution < -0.4 is 11.1 Å². The molecule has 0 aliphatic carbocycles. The van der Waals surface area contributed by atoms with E-state index in [2.05, 4.69) is 15.3 Å². The summed E-state index contributed by atoms with van der Waals surface area (Å²) in [5.74, 6) is 2.24. The normalized spacial score (nSPS) is 11.9. The van der Waals surface area contributed by atoms with E-state index < -0.39 is 0 Å². The van der Waals surface area contributed by atoms with Crippen molar-refractivity contribution in [2.24, 2.45) is 5.41 Å². The third-order valence-corrected chi connectivity index (χ3v) is 2.88. The third kappa shape index (κ3) is 3.57. The first-order chi connectivity index (χ1) is 8.26. The first kappa shape index (κ1) is 14.7. The van der Waals surface area contributed by atoms with Crippen LogP contribution in [0.3, 0.4) is 0 Å². The minimum Gasteiger partial charge on any atom is -0.396 e. The molecule has 1 heterocycles. The van der Waals surface area contributed by atoms with E-state index in [0.717, 1.165) is 17.2 Å². The van der Waals surface area contributed by atoms with Crippen LogP contribution in [0.4, 0.5) is 11.6 Å². The summed E-state index contributed by atoms with van der Waals surface area (Å²) in [7, 11) is 0. The standard InChI is InChI=1S/C13H24N4O/c1-8(2)11-16-10(14)9(3)12(17-11)15-6-13(4,5)7-18/h8,18H,6-7H2,1-5H3,(H3,14,15,16,17). The highest BCUT2D eigenvalue weighted by Crippen LogP contribution is 2.22. The average molecular weight is 252 g/mol. The average Bonchev–Trinajstić information content (AvgIpc) is 2.30. The van der Waals surface area contributed by atoms with E-state index in [0.29, 0.717) is 12.4 Å². The fourth-order valence-electron chi connectivity index (χ4n) is 1.36. The van der Waals surface area contributed by atoms with Gasteiger partial charge >= 0.3 is 0 Å². The van der Waals surface area contributed by atoms with Crippen LogP contribution in [0.1, 0.15) is 45.0 Å². The number of hydrogen-bond acceptors (Lipinski definition) is 5. The van der Waals surface area contributed by atoms with E-state index in [1.165, 1.54) is 0 Å². The molecule has 0 fully saturated rings. The number of nitrogens with zero attached hydrogens (tertiary/aromatic N) is 2. The van der Waals surface area contributed by atoms with E-state index in [-0.39, 0.29) is 17.9 Å². The van der Waals surface area contributed by atoms with Crippen molar-refractivity contribution >= 4 is 11.6 Å². The van der Waals surface area contributed by atoms with Gasteiger partial charge in [-0.1, -0.05) is 27.7 Å². The molecule has 0 bridgehead atoms. The van der Waals surface area contributed by atoms with Crippen molar-refractivity contribution < 1.29 is 5.11 Å². The topological polar surface area (TPSA) is 84.1 Å². The number of nitrogens with one attached hydrogen (secondary N) is 1. The minimum absolute atomic E-state index is 0.122. The zero-order valence-corrected chi connectivity index (χ0v) is 11.9. The number of aromatic nitrogens is 2. The van der Waals surface area contributed by atoms with Crippen LogP contribution in [0.25, 0.3) is 0 Å². The maximum Gasteiger partial charge on any atom is 0.135 e. The molecule has 102 valence electrons. The Morgan fingerprint density at radius 3 is 2.44 bits per heavy atom. The van der Waals surface area contributed by atoms with Crippen molar-refractivity contribution in [3.05, 3.63) is 11.4 Å². The second-order valence-corrected chi connectivity index (χ2v) is 5.77. The van der Waals surface area contributed by atoms with E-state index in [4.69, 9.17) is 5.73 Å². The molecule has 0 saturated heterocycles. The van der Waals surface area contributed by atoms with Crippen molar-refractivity contribution in [2.75, 3.05) is 24.2 Å². The first-order valence-corrected chi connectivity index (χ1v) is 6.25. The van der Waals surface area contributed by atoms with Gasteiger partial charge in [-0.2, -0.15) is 0 Å². The highest BCUT2D eigenvalue weighted by molar-refractivity contribution is 5.55. The molecule has 0 spiro atoms. The molecule has 4 N–H and O–H groups in total. The molecule has 1 aromatic heterocycles. The number of aliphatic hydroxyl groups excluding tert-OH is 1. The molecule has 5 nitrogen and oxygen atoms in total. The van der Waals surface area contributed by atoms with Crippen LogP contribution in [0.15, 0.2) is 0 Å². The number of aliphatic hydroxyl groups is 1. The quantitative estimate of drug-likeness (QED) is 0.745. The van der Waals surface area contributed by atoms with Crippen LogP contribution in [0, 0.1) is 12.3 Å². The lowest BCUT2D eigenvalue weighted by molar-refractivity contribution is 0.170. The number of nitrogens with two attached hydrogens (primary N) is 1. The van der Waals surface area contributed by atoms with Gasteiger partial charge in [0.1, 0.15) is 17.5 Å². The number of hydrogen-bond donors (Lipinski definition) is 3. The third-order valence-electron chi connectivity index (χ3n) is 2.88. The Balaban J connectivity index is 2.94. The zero-order valence-electron chi connectivity index (χ0n) is 11.9. The van der Waals surface area contributed by atoms with Crippen molar-refractivity contribution in [2.45, 2.75) is 40.5 Å². The van der Waals surface area contributed by atoms with Gasteiger partial charge in [0.15, 0.2) is 0 Å². The largest absolute Gasteiger partial charge is 0.396 e. The monoisotopic (exact) mass is 252 g/mol.